The molecule has 122 valence electrons. The van der Waals surface area contributed by atoms with Gasteiger partial charge in [0.25, 0.3) is 0 Å². The summed E-state index contributed by atoms with van der Waals surface area (Å²) in [5.74, 6) is 1.27. The number of carbonyl (C=O) groups is 1. The number of hydrogen-bond acceptors (Lipinski definition) is 6. The van der Waals surface area contributed by atoms with E-state index in [9.17, 15) is 4.79 Å². The number of aromatic nitrogens is 3. The van der Waals surface area contributed by atoms with Crippen LogP contribution in [-0.4, -0.2) is 27.3 Å². The van der Waals surface area contributed by atoms with Crippen LogP contribution in [0, 0.1) is 6.92 Å². The van der Waals surface area contributed by atoms with Crippen LogP contribution in [0.5, 0.6) is 0 Å². The quantitative estimate of drug-likeness (QED) is 0.693. The molecule has 3 heterocycles. The zero-order valence-electron chi connectivity index (χ0n) is 13.6. The third-order valence-corrected chi connectivity index (χ3v) is 4.52. The van der Waals surface area contributed by atoms with Crippen molar-refractivity contribution in [2.75, 3.05) is 11.9 Å². The predicted octanol–water partition coefficient (Wildman–Crippen LogP) is 3.77. The van der Waals surface area contributed by atoms with Gasteiger partial charge in [-0.25, -0.2) is 9.97 Å². The van der Waals surface area contributed by atoms with Gasteiger partial charge in [-0.05, 0) is 37.6 Å². The number of hydrogen-bond donors (Lipinski definition) is 1. The number of thiophene rings is 1. The van der Waals surface area contributed by atoms with Gasteiger partial charge in [-0.15, -0.1) is 11.3 Å². The van der Waals surface area contributed by atoms with Crippen molar-refractivity contribution in [3.8, 4) is 11.5 Å². The maximum absolute atomic E-state index is 12.2. The van der Waals surface area contributed by atoms with Gasteiger partial charge in [-0.3, -0.25) is 9.78 Å². The third kappa shape index (κ3) is 3.83. The molecule has 0 radical (unpaired) electrons. The molecule has 3 aromatic rings. The molecule has 0 unspecified atom stereocenters. The molecule has 0 bridgehead atoms. The number of nitrogens with one attached hydrogen (secondary N) is 1. The molecule has 6 heteroatoms. The van der Waals surface area contributed by atoms with Gasteiger partial charge >= 0.3 is 0 Å². The van der Waals surface area contributed by atoms with Gasteiger partial charge in [0.05, 0.1) is 11.4 Å². The van der Waals surface area contributed by atoms with Gasteiger partial charge in [0.2, 0.25) is 0 Å². The fourth-order valence-electron chi connectivity index (χ4n) is 2.22. The minimum Gasteiger partial charge on any atom is -0.362 e. The molecule has 0 amide bonds. The van der Waals surface area contributed by atoms with Crippen LogP contribution in [0.2, 0.25) is 0 Å². The summed E-state index contributed by atoms with van der Waals surface area (Å²) >= 11 is 1.51. The fourth-order valence-corrected chi connectivity index (χ4v) is 3.03. The molecule has 0 aliphatic carbocycles. The van der Waals surface area contributed by atoms with Crippen LogP contribution >= 0.6 is 11.3 Å². The average molecular weight is 338 g/mol. The minimum atomic E-state index is 0.0594. The van der Waals surface area contributed by atoms with Crippen LogP contribution in [0.25, 0.3) is 11.5 Å². The molecular formula is C18H18N4OS. The highest BCUT2D eigenvalue weighted by molar-refractivity contribution is 7.14. The highest BCUT2D eigenvalue weighted by Crippen LogP contribution is 2.18. The van der Waals surface area contributed by atoms with Gasteiger partial charge in [-0.1, -0.05) is 13.0 Å². The van der Waals surface area contributed by atoms with Gasteiger partial charge in [0.1, 0.15) is 11.5 Å². The van der Waals surface area contributed by atoms with Gasteiger partial charge in [0, 0.05) is 22.8 Å². The molecular weight excluding hydrogens is 320 g/mol. The summed E-state index contributed by atoms with van der Waals surface area (Å²) in [4.78, 5) is 27.4. The van der Waals surface area contributed by atoms with Crippen molar-refractivity contribution in [3.05, 3.63) is 58.0 Å². The predicted molar refractivity (Wildman–Crippen MR) is 96.5 cm³/mol. The molecule has 3 rings (SSSR count). The monoisotopic (exact) mass is 338 g/mol. The lowest BCUT2D eigenvalue weighted by molar-refractivity contribution is 0.101. The van der Waals surface area contributed by atoms with Crippen molar-refractivity contribution in [1.82, 2.24) is 15.0 Å². The highest BCUT2D eigenvalue weighted by Gasteiger charge is 2.11. The molecule has 0 aromatic carbocycles. The standard InChI is InChI=1S/C18H18N4OS/c1-3-13-10-17(20-11-15(23)16-8-7-12(2)24-16)22-18(21-13)14-6-4-5-9-19-14/h4-10H,3,11H2,1-2H3,(H,20,21,22). The van der Waals surface area contributed by atoms with Crippen molar-refractivity contribution < 1.29 is 4.79 Å². The Kier molecular flexibility index (Phi) is 4.96. The lowest BCUT2D eigenvalue weighted by Crippen LogP contribution is -2.14. The van der Waals surface area contributed by atoms with Crippen molar-refractivity contribution >= 4 is 22.9 Å². The van der Waals surface area contributed by atoms with Crippen molar-refractivity contribution in [2.45, 2.75) is 20.3 Å². The highest BCUT2D eigenvalue weighted by atomic mass is 32.1. The first-order chi connectivity index (χ1) is 11.7. The summed E-state index contributed by atoms with van der Waals surface area (Å²) in [5.41, 5.74) is 1.63. The largest absolute Gasteiger partial charge is 0.362 e. The summed E-state index contributed by atoms with van der Waals surface area (Å²) in [6.07, 6.45) is 2.50. The van der Waals surface area contributed by atoms with E-state index in [2.05, 4.69) is 20.3 Å². The fraction of sp³-hybridized carbons (Fsp3) is 0.222. The molecule has 0 aliphatic heterocycles. The Morgan fingerprint density at radius 2 is 2.08 bits per heavy atom. The molecule has 24 heavy (non-hydrogen) atoms. The number of nitrogens with zero attached hydrogens (tertiary/aromatic N) is 3. The summed E-state index contributed by atoms with van der Waals surface area (Å²) in [6, 6.07) is 11.3. The van der Waals surface area contributed by atoms with Crippen molar-refractivity contribution in [2.24, 2.45) is 0 Å². The number of anilines is 1. The third-order valence-electron chi connectivity index (χ3n) is 3.48. The van der Waals surface area contributed by atoms with Gasteiger partial charge < -0.3 is 5.32 Å². The molecule has 3 aromatic heterocycles. The van der Waals surface area contributed by atoms with E-state index in [1.54, 1.807) is 6.20 Å². The smallest absolute Gasteiger partial charge is 0.191 e. The first-order valence-electron chi connectivity index (χ1n) is 7.78. The Morgan fingerprint density at radius 1 is 1.21 bits per heavy atom. The number of Topliss-reactive ketones (excluding diaryl/α,β-unsaturated/α-hetero) is 1. The molecule has 0 aliphatic rings. The Morgan fingerprint density at radius 3 is 2.75 bits per heavy atom. The lowest BCUT2D eigenvalue weighted by atomic mass is 10.2. The van der Waals surface area contributed by atoms with E-state index in [0.717, 1.165) is 27.6 Å². The van der Waals surface area contributed by atoms with Gasteiger partial charge in [-0.2, -0.15) is 0 Å². The minimum absolute atomic E-state index is 0.0594. The first-order valence-corrected chi connectivity index (χ1v) is 8.60. The van der Waals surface area contributed by atoms with Crippen LogP contribution in [0.4, 0.5) is 5.82 Å². The van der Waals surface area contributed by atoms with E-state index in [4.69, 9.17) is 0 Å². The summed E-state index contributed by atoms with van der Waals surface area (Å²) in [6.45, 7) is 4.24. The Labute approximate surface area is 144 Å². The number of rotatable bonds is 6. The van der Waals surface area contributed by atoms with Crippen LogP contribution in [0.3, 0.4) is 0 Å². The van der Waals surface area contributed by atoms with Gasteiger partial charge in [0.15, 0.2) is 11.6 Å². The Balaban J connectivity index is 1.79. The zero-order valence-corrected chi connectivity index (χ0v) is 14.4. The average Bonchev–Trinajstić information content (AvgIpc) is 3.06. The number of aryl methyl sites for hydroxylation is 2. The normalized spacial score (nSPS) is 10.6. The van der Waals surface area contributed by atoms with Crippen LogP contribution < -0.4 is 5.32 Å². The molecule has 0 atom stereocenters. The zero-order chi connectivity index (χ0) is 16.9. The second-order valence-electron chi connectivity index (χ2n) is 5.32. The van der Waals surface area contributed by atoms with E-state index in [0.29, 0.717) is 11.6 Å². The maximum atomic E-state index is 12.2. The van der Waals surface area contributed by atoms with Crippen LogP contribution in [0.1, 0.15) is 27.2 Å². The maximum Gasteiger partial charge on any atom is 0.191 e. The number of pyridine rings is 1. The molecule has 5 nitrogen and oxygen atoms in total. The Bertz CT molecular complexity index is 845. The van der Waals surface area contributed by atoms with E-state index < -0.39 is 0 Å². The van der Waals surface area contributed by atoms with E-state index in [1.807, 2.05) is 50.2 Å². The van der Waals surface area contributed by atoms with Crippen LogP contribution in [-0.2, 0) is 6.42 Å². The summed E-state index contributed by atoms with van der Waals surface area (Å²) in [7, 11) is 0. The molecule has 0 spiro atoms. The van der Waals surface area contributed by atoms with E-state index in [-0.39, 0.29) is 12.3 Å². The lowest BCUT2D eigenvalue weighted by Gasteiger charge is -2.08. The van der Waals surface area contributed by atoms with Crippen LogP contribution in [0.15, 0.2) is 42.6 Å². The van der Waals surface area contributed by atoms with Crippen molar-refractivity contribution in [3.63, 3.8) is 0 Å². The number of carbonyl (C=O) groups excluding carboxylic acids is 1. The first kappa shape index (κ1) is 16.3. The van der Waals surface area contributed by atoms with E-state index in [1.165, 1.54) is 11.3 Å². The summed E-state index contributed by atoms with van der Waals surface area (Å²) in [5, 5.41) is 3.12. The number of ketones is 1. The molecule has 0 fully saturated rings. The second kappa shape index (κ2) is 7.31. The second-order valence-corrected chi connectivity index (χ2v) is 6.61. The summed E-state index contributed by atoms with van der Waals surface area (Å²) < 4.78 is 0. The van der Waals surface area contributed by atoms with E-state index >= 15 is 0 Å². The SMILES string of the molecule is CCc1cc(NCC(=O)c2ccc(C)s2)nc(-c2ccccn2)n1. The topological polar surface area (TPSA) is 67.8 Å². The molecule has 0 saturated heterocycles. The molecule has 1 N–H and O–H groups in total. The molecule has 0 saturated carbocycles. The Hall–Kier alpha value is -2.60. The van der Waals surface area contributed by atoms with Crippen molar-refractivity contribution in [1.29, 1.82) is 0 Å².